The van der Waals surface area contributed by atoms with Crippen molar-refractivity contribution in [2.75, 3.05) is 69.8 Å². The standard InChI is InChI=1S/C34H45N5O6.ClH/c1-6-44-32(40)29-23(3)36-24(4)30(33(41)45-7-2)31(29)25-12-10-13-26(22-25)37-34(42)35-16-11-17-38-18-20-39(21-19-38)27-14-8-9-15-28(27)43-5;/h8-10,12-15,22,31,36H,6-7,11,16-21H2,1-5H3,(H2,35,37,42);1H. The Hall–Kier alpha value is -4.22. The van der Waals surface area contributed by atoms with Gasteiger partial charge in [0.05, 0.1) is 43.1 Å². The molecule has 4 rings (SSSR count). The molecule has 2 heterocycles. The van der Waals surface area contributed by atoms with Crippen molar-refractivity contribution in [3.63, 3.8) is 0 Å². The van der Waals surface area contributed by atoms with Crippen LogP contribution in [0.1, 0.15) is 45.6 Å². The number of methoxy groups -OCH3 is 1. The number of amides is 2. The van der Waals surface area contributed by atoms with Gasteiger partial charge in [-0.3, -0.25) is 4.90 Å². The topological polar surface area (TPSA) is 121 Å². The molecule has 2 aromatic carbocycles. The number of ether oxygens (including phenoxy) is 3. The van der Waals surface area contributed by atoms with E-state index >= 15 is 0 Å². The Morgan fingerprint density at radius 2 is 1.52 bits per heavy atom. The van der Waals surface area contributed by atoms with Gasteiger partial charge in [0.1, 0.15) is 5.75 Å². The number of piperazine rings is 1. The molecule has 0 unspecified atom stereocenters. The number of nitrogens with zero attached hydrogens (tertiary/aromatic N) is 2. The van der Waals surface area contributed by atoms with Crippen LogP contribution < -0.4 is 25.6 Å². The second kappa shape index (κ2) is 17.5. The number of hydrogen-bond donors (Lipinski definition) is 3. The van der Waals surface area contributed by atoms with Crippen molar-refractivity contribution in [2.45, 2.75) is 40.0 Å². The summed E-state index contributed by atoms with van der Waals surface area (Å²) in [7, 11) is 1.70. The van der Waals surface area contributed by atoms with Crippen molar-refractivity contribution in [2.24, 2.45) is 0 Å². The van der Waals surface area contributed by atoms with Crippen LogP contribution in [0.25, 0.3) is 0 Å². The van der Waals surface area contributed by atoms with Crippen LogP contribution in [0.5, 0.6) is 5.75 Å². The molecule has 2 aliphatic rings. The zero-order valence-corrected chi connectivity index (χ0v) is 28.1. The molecule has 0 aromatic heterocycles. The summed E-state index contributed by atoms with van der Waals surface area (Å²) in [4.78, 5) is 43.7. The van der Waals surface area contributed by atoms with Crippen LogP contribution in [0.3, 0.4) is 0 Å². The molecule has 2 aliphatic heterocycles. The first-order chi connectivity index (χ1) is 21.8. The molecule has 1 saturated heterocycles. The number of nitrogens with one attached hydrogen (secondary N) is 3. The molecular formula is C34H46ClN5O6. The second-order valence-corrected chi connectivity index (χ2v) is 10.9. The minimum atomic E-state index is -0.724. The predicted molar refractivity (Wildman–Crippen MR) is 182 cm³/mol. The molecule has 0 atom stereocenters. The molecular weight excluding hydrogens is 610 g/mol. The summed E-state index contributed by atoms with van der Waals surface area (Å²) >= 11 is 0. The van der Waals surface area contributed by atoms with E-state index in [4.69, 9.17) is 14.2 Å². The first kappa shape index (κ1) is 36.3. The highest BCUT2D eigenvalue weighted by molar-refractivity contribution is 6.00. The number of para-hydroxylation sites is 2. The number of carbonyl (C=O) groups is 3. The van der Waals surface area contributed by atoms with E-state index < -0.39 is 17.9 Å². The SMILES string of the molecule is CCOC(=O)C1=C(C)NC(C)=C(C(=O)OCC)C1c1cccc(NC(=O)NCCCN2CCN(c3ccccc3OC)CC2)c1.Cl. The highest BCUT2D eigenvalue weighted by Gasteiger charge is 2.38. The Balaban J connectivity index is 0.00000576. The van der Waals surface area contributed by atoms with Crippen LogP contribution in [0.4, 0.5) is 16.2 Å². The van der Waals surface area contributed by atoms with E-state index in [1.807, 2.05) is 24.3 Å². The quantitative estimate of drug-likeness (QED) is 0.218. The van der Waals surface area contributed by atoms with Crippen molar-refractivity contribution in [1.29, 1.82) is 0 Å². The normalized spacial score (nSPS) is 15.5. The predicted octanol–water partition coefficient (Wildman–Crippen LogP) is 4.81. The molecule has 12 heteroatoms. The summed E-state index contributed by atoms with van der Waals surface area (Å²) in [5.41, 5.74) is 4.17. The second-order valence-electron chi connectivity index (χ2n) is 10.9. The van der Waals surface area contributed by atoms with E-state index in [1.165, 1.54) is 0 Å². The molecule has 0 saturated carbocycles. The summed E-state index contributed by atoms with van der Waals surface area (Å²) in [5, 5.41) is 8.97. The Morgan fingerprint density at radius 3 is 2.13 bits per heavy atom. The number of allylic oxidation sites excluding steroid dienone is 2. The number of benzene rings is 2. The lowest BCUT2D eigenvalue weighted by Gasteiger charge is -2.36. The maximum Gasteiger partial charge on any atom is 0.336 e. The number of rotatable bonds is 12. The van der Waals surface area contributed by atoms with Gasteiger partial charge in [0.2, 0.25) is 0 Å². The molecule has 2 aromatic rings. The molecule has 0 bridgehead atoms. The lowest BCUT2D eigenvalue weighted by Crippen LogP contribution is -2.47. The van der Waals surface area contributed by atoms with Crippen LogP contribution in [-0.4, -0.2) is 82.5 Å². The fraction of sp³-hybridized carbons (Fsp3) is 0.441. The molecule has 11 nitrogen and oxygen atoms in total. The Kier molecular flexibility index (Phi) is 13.8. The van der Waals surface area contributed by atoms with Crippen LogP contribution in [0.15, 0.2) is 71.1 Å². The van der Waals surface area contributed by atoms with E-state index in [2.05, 4.69) is 31.8 Å². The first-order valence-electron chi connectivity index (χ1n) is 15.5. The van der Waals surface area contributed by atoms with Crippen LogP contribution in [0, 0.1) is 0 Å². The summed E-state index contributed by atoms with van der Waals surface area (Å²) in [5.74, 6) is -0.865. The summed E-state index contributed by atoms with van der Waals surface area (Å²) < 4.78 is 16.2. The van der Waals surface area contributed by atoms with E-state index in [9.17, 15) is 14.4 Å². The molecule has 0 radical (unpaired) electrons. The number of halogens is 1. The van der Waals surface area contributed by atoms with Gasteiger partial charge in [0.15, 0.2) is 0 Å². The van der Waals surface area contributed by atoms with Gasteiger partial charge in [0.25, 0.3) is 0 Å². The van der Waals surface area contributed by atoms with Gasteiger partial charge in [-0.15, -0.1) is 12.4 Å². The van der Waals surface area contributed by atoms with Gasteiger partial charge in [-0.1, -0.05) is 24.3 Å². The van der Waals surface area contributed by atoms with Crippen molar-refractivity contribution >= 4 is 41.8 Å². The fourth-order valence-electron chi connectivity index (χ4n) is 5.87. The Morgan fingerprint density at radius 1 is 0.891 bits per heavy atom. The lowest BCUT2D eigenvalue weighted by atomic mass is 9.80. The maximum atomic E-state index is 13.1. The van der Waals surface area contributed by atoms with Gasteiger partial charge < -0.3 is 35.1 Å². The highest BCUT2D eigenvalue weighted by atomic mass is 35.5. The maximum absolute atomic E-state index is 13.1. The zero-order valence-electron chi connectivity index (χ0n) is 27.3. The molecule has 250 valence electrons. The van der Waals surface area contributed by atoms with Gasteiger partial charge >= 0.3 is 18.0 Å². The molecule has 0 aliphatic carbocycles. The third-order valence-corrected chi connectivity index (χ3v) is 7.96. The number of carbonyl (C=O) groups excluding carboxylic acids is 3. The highest BCUT2D eigenvalue weighted by Crippen LogP contribution is 2.40. The minimum absolute atomic E-state index is 0. The van der Waals surface area contributed by atoms with E-state index in [1.54, 1.807) is 53.0 Å². The van der Waals surface area contributed by atoms with Crippen LogP contribution in [0.2, 0.25) is 0 Å². The molecule has 3 N–H and O–H groups in total. The third-order valence-electron chi connectivity index (χ3n) is 7.96. The summed E-state index contributed by atoms with van der Waals surface area (Å²) in [6.07, 6.45) is 0.817. The zero-order chi connectivity index (χ0) is 32.3. The number of hydrogen-bond acceptors (Lipinski definition) is 9. The van der Waals surface area contributed by atoms with Crippen molar-refractivity contribution in [3.8, 4) is 5.75 Å². The van der Waals surface area contributed by atoms with Gasteiger partial charge in [-0.25, -0.2) is 14.4 Å². The monoisotopic (exact) mass is 655 g/mol. The third kappa shape index (κ3) is 8.95. The van der Waals surface area contributed by atoms with Crippen molar-refractivity contribution in [3.05, 3.63) is 76.6 Å². The summed E-state index contributed by atoms with van der Waals surface area (Å²) in [6.45, 7) is 12.5. The molecule has 0 spiro atoms. The van der Waals surface area contributed by atoms with Crippen molar-refractivity contribution in [1.82, 2.24) is 15.5 Å². The van der Waals surface area contributed by atoms with E-state index in [0.29, 0.717) is 40.3 Å². The average molecular weight is 656 g/mol. The number of urea groups is 1. The molecule has 2 amide bonds. The number of anilines is 2. The smallest absolute Gasteiger partial charge is 0.336 e. The van der Waals surface area contributed by atoms with E-state index in [-0.39, 0.29) is 31.7 Å². The van der Waals surface area contributed by atoms with E-state index in [0.717, 1.165) is 50.6 Å². The lowest BCUT2D eigenvalue weighted by molar-refractivity contribution is -0.139. The fourth-order valence-corrected chi connectivity index (χ4v) is 5.87. The number of dihydropyridines is 1. The van der Waals surface area contributed by atoms with Crippen LogP contribution in [-0.2, 0) is 19.1 Å². The van der Waals surface area contributed by atoms with Gasteiger partial charge in [-0.2, -0.15) is 0 Å². The van der Waals surface area contributed by atoms with Gasteiger partial charge in [-0.05, 0) is 70.5 Å². The van der Waals surface area contributed by atoms with Crippen molar-refractivity contribution < 1.29 is 28.6 Å². The molecule has 46 heavy (non-hydrogen) atoms. The summed E-state index contributed by atoms with van der Waals surface area (Å²) in [6, 6.07) is 14.9. The largest absolute Gasteiger partial charge is 0.495 e. The average Bonchev–Trinajstić information content (AvgIpc) is 3.03. The number of esters is 2. The Bertz CT molecular complexity index is 1400. The Labute approximate surface area is 277 Å². The first-order valence-corrected chi connectivity index (χ1v) is 15.5. The van der Waals surface area contributed by atoms with Gasteiger partial charge in [0, 0.05) is 49.8 Å². The molecule has 1 fully saturated rings. The minimum Gasteiger partial charge on any atom is -0.495 e. The van der Waals surface area contributed by atoms with Crippen LogP contribution >= 0.6 is 12.4 Å².